The normalized spacial score (nSPS) is 14.8. The van der Waals surface area contributed by atoms with Gasteiger partial charge in [0.1, 0.15) is 0 Å². The predicted octanol–water partition coefficient (Wildman–Crippen LogP) is 2.91. The lowest BCUT2D eigenvalue weighted by Gasteiger charge is -2.27. The van der Waals surface area contributed by atoms with Crippen LogP contribution in [-0.4, -0.2) is 19.3 Å². The molecule has 0 saturated heterocycles. The van der Waals surface area contributed by atoms with Gasteiger partial charge in [0.2, 0.25) is 0 Å². The first kappa shape index (κ1) is 11.1. The van der Waals surface area contributed by atoms with Crippen LogP contribution in [0.15, 0.2) is 30.3 Å². The van der Waals surface area contributed by atoms with Gasteiger partial charge >= 0.3 is 0 Å². The molecule has 1 N–H and O–H groups in total. The number of nitrogens with one attached hydrogen (secondary N) is 1. The lowest BCUT2D eigenvalue weighted by Crippen LogP contribution is -2.34. The van der Waals surface area contributed by atoms with Gasteiger partial charge in [-0.05, 0) is 25.5 Å². The number of para-hydroxylation sites is 1. The summed E-state index contributed by atoms with van der Waals surface area (Å²) in [5.74, 6) is 0. The van der Waals surface area contributed by atoms with Gasteiger partial charge < -0.3 is 10.1 Å². The Morgan fingerprint density at radius 1 is 1.29 bits per heavy atom. The molecule has 0 amide bonds. The minimum absolute atomic E-state index is 0.0736. The zero-order chi connectivity index (χ0) is 10.4. The van der Waals surface area contributed by atoms with E-state index in [0.717, 1.165) is 18.7 Å². The van der Waals surface area contributed by atoms with Crippen LogP contribution in [0.1, 0.15) is 20.3 Å². The molecular weight excluding hydrogens is 174 g/mol. The van der Waals surface area contributed by atoms with E-state index in [9.17, 15) is 0 Å². The Hall–Kier alpha value is -1.02. The monoisotopic (exact) mass is 193 g/mol. The Morgan fingerprint density at radius 2 is 1.93 bits per heavy atom. The molecule has 1 aromatic carbocycles. The molecule has 14 heavy (non-hydrogen) atoms. The summed E-state index contributed by atoms with van der Waals surface area (Å²) < 4.78 is 5.45. The van der Waals surface area contributed by atoms with Crippen LogP contribution in [0.5, 0.6) is 0 Å². The van der Waals surface area contributed by atoms with E-state index in [-0.39, 0.29) is 5.60 Å². The van der Waals surface area contributed by atoms with Crippen molar-refractivity contribution in [3.63, 3.8) is 0 Å². The van der Waals surface area contributed by atoms with Crippen molar-refractivity contribution in [3.05, 3.63) is 30.3 Å². The van der Waals surface area contributed by atoms with Gasteiger partial charge in [0, 0.05) is 19.3 Å². The van der Waals surface area contributed by atoms with Crippen LogP contribution in [0.4, 0.5) is 5.69 Å². The molecule has 0 aliphatic carbocycles. The Balaban J connectivity index is 2.48. The van der Waals surface area contributed by atoms with Gasteiger partial charge in [0.25, 0.3) is 0 Å². The molecule has 1 aromatic rings. The van der Waals surface area contributed by atoms with Gasteiger partial charge in [-0.15, -0.1) is 0 Å². The molecule has 2 heteroatoms. The van der Waals surface area contributed by atoms with Crippen LogP contribution in [0.3, 0.4) is 0 Å². The van der Waals surface area contributed by atoms with Crippen molar-refractivity contribution in [1.29, 1.82) is 0 Å². The second kappa shape index (κ2) is 5.01. The standard InChI is InChI=1S/C12H19NO/c1-4-12(2,14-3)10-13-11-8-6-5-7-9-11/h5-9,13H,4,10H2,1-3H3. The zero-order valence-electron chi connectivity index (χ0n) is 9.21. The molecule has 0 heterocycles. The van der Waals surface area contributed by atoms with E-state index in [2.05, 4.69) is 31.3 Å². The quantitative estimate of drug-likeness (QED) is 0.776. The van der Waals surface area contributed by atoms with Crippen LogP contribution in [0.25, 0.3) is 0 Å². The lowest BCUT2D eigenvalue weighted by molar-refractivity contribution is 0.0144. The first-order valence-corrected chi connectivity index (χ1v) is 5.04. The second-order valence-electron chi connectivity index (χ2n) is 3.73. The van der Waals surface area contributed by atoms with Crippen molar-refractivity contribution in [2.45, 2.75) is 25.9 Å². The van der Waals surface area contributed by atoms with E-state index in [4.69, 9.17) is 4.74 Å². The van der Waals surface area contributed by atoms with Crippen LogP contribution >= 0.6 is 0 Å². The molecule has 0 aliphatic heterocycles. The van der Waals surface area contributed by atoms with Crippen molar-refractivity contribution in [2.75, 3.05) is 19.0 Å². The van der Waals surface area contributed by atoms with E-state index in [1.807, 2.05) is 18.2 Å². The van der Waals surface area contributed by atoms with E-state index < -0.39 is 0 Å². The summed E-state index contributed by atoms with van der Waals surface area (Å²) in [5.41, 5.74) is 1.07. The van der Waals surface area contributed by atoms with Crippen molar-refractivity contribution >= 4 is 5.69 Å². The van der Waals surface area contributed by atoms with Gasteiger partial charge in [-0.1, -0.05) is 25.1 Å². The molecule has 0 fully saturated rings. The third-order valence-corrected chi connectivity index (χ3v) is 2.68. The van der Waals surface area contributed by atoms with Crippen LogP contribution in [-0.2, 0) is 4.74 Å². The highest BCUT2D eigenvalue weighted by atomic mass is 16.5. The molecule has 2 nitrogen and oxygen atoms in total. The van der Waals surface area contributed by atoms with Crippen molar-refractivity contribution in [1.82, 2.24) is 0 Å². The number of methoxy groups -OCH3 is 1. The highest BCUT2D eigenvalue weighted by Crippen LogP contribution is 2.15. The maximum absolute atomic E-state index is 5.45. The number of hydrogen-bond acceptors (Lipinski definition) is 2. The third kappa shape index (κ3) is 3.04. The lowest BCUT2D eigenvalue weighted by atomic mass is 10.0. The number of benzene rings is 1. The second-order valence-corrected chi connectivity index (χ2v) is 3.73. The zero-order valence-corrected chi connectivity index (χ0v) is 9.21. The molecule has 0 saturated carbocycles. The number of anilines is 1. The summed E-state index contributed by atoms with van der Waals surface area (Å²) in [6.07, 6.45) is 1.00. The van der Waals surface area contributed by atoms with Crippen LogP contribution in [0, 0.1) is 0 Å². The SMILES string of the molecule is CCC(C)(CNc1ccccc1)OC. The maximum atomic E-state index is 5.45. The van der Waals surface area contributed by atoms with Gasteiger partial charge in [0.05, 0.1) is 5.60 Å². The molecule has 0 aliphatic rings. The first-order valence-electron chi connectivity index (χ1n) is 5.04. The van der Waals surface area contributed by atoms with E-state index in [1.54, 1.807) is 7.11 Å². The van der Waals surface area contributed by atoms with Crippen LogP contribution < -0.4 is 5.32 Å². The molecule has 1 unspecified atom stereocenters. The number of ether oxygens (including phenoxy) is 1. The average molecular weight is 193 g/mol. The highest BCUT2D eigenvalue weighted by Gasteiger charge is 2.20. The average Bonchev–Trinajstić information content (AvgIpc) is 2.27. The fourth-order valence-corrected chi connectivity index (χ4v) is 1.19. The summed E-state index contributed by atoms with van der Waals surface area (Å²) in [7, 11) is 1.76. The topological polar surface area (TPSA) is 21.3 Å². The predicted molar refractivity (Wildman–Crippen MR) is 60.6 cm³/mol. The van der Waals surface area contributed by atoms with E-state index in [0.29, 0.717) is 0 Å². The summed E-state index contributed by atoms with van der Waals surface area (Å²) in [6.45, 7) is 5.09. The molecule has 0 bridgehead atoms. The summed E-state index contributed by atoms with van der Waals surface area (Å²) >= 11 is 0. The molecular formula is C12H19NO. The number of hydrogen-bond donors (Lipinski definition) is 1. The Kier molecular flexibility index (Phi) is 3.96. The first-order chi connectivity index (χ1) is 6.70. The summed E-state index contributed by atoms with van der Waals surface area (Å²) in [6, 6.07) is 10.2. The Morgan fingerprint density at radius 3 is 2.43 bits per heavy atom. The van der Waals surface area contributed by atoms with E-state index in [1.165, 1.54) is 0 Å². The van der Waals surface area contributed by atoms with Crippen LogP contribution in [0.2, 0.25) is 0 Å². The van der Waals surface area contributed by atoms with Crippen molar-refractivity contribution in [2.24, 2.45) is 0 Å². The smallest absolute Gasteiger partial charge is 0.0819 e. The van der Waals surface area contributed by atoms with Crippen molar-refractivity contribution in [3.8, 4) is 0 Å². The minimum atomic E-state index is -0.0736. The fourth-order valence-electron chi connectivity index (χ4n) is 1.19. The van der Waals surface area contributed by atoms with E-state index >= 15 is 0 Å². The summed E-state index contributed by atoms with van der Waals surface area (Å²) in [5, 5.41) is 3.36. The molecule has 1 atom stereocenters. The van der Waals surface area contributed by atoms with Gasteiger partial charge in [0.15, 0.2) is 0 Å². The molecule has 78 valence electrons. The summed E-state index contributed by atoms with van der Waals surface area (Å²) in [4.78, 5) is 0. The Bertz CT molecular complexity index is 254. The largest absolute Gasteiger partial charge is 0.382 e. The highest BCUT2D eigenvalue weighted by molar-refractivity contribution is 5.42. The molecule has 0 aromatic heterocycles. The third-order valence-electron chi connectivity index (χ3n) is 2.68. The minimum Gasteiger partial charge on any atom is -0.382 e. The number of rotatable bonds is 5. The molecule has 0 spiro atoms. The Labute approximate surface area is 86.3 Å². The molecule has 1 rings (SSSR count). The van der Waals surface area contributed by atoms with Gasteiger partial charge in [-0.2, -0.15) is 0 Å². The van der Waals surface area contributed by atoms with Crippen molar-refractivity contribution < 1.29 is 4.74 Å². The van der Waals surface area contributed by atoms with Gasteiger partial charge in [-0.25, -0.2) is 0 Å². The van der Waals surface area contributed by atoms with Gasteiger partial charge in [-0.3, -0.25) is 0 Å². The maximum Gasteiger partial charge on any atom is 0.0819 e. The molecule has 0 radical (unpaired) electrons. The fraction of sp³-hybridized carbons (Fsp3) is 0.500.